The van der Waals surface area contributed by atoms with Gasteiger partial charge in [0.2, 0.25) is 0 Å². The van der Waals surface area contributed by atoms with Gasteiger partial charge in [0, 0.05) is 12.4 Å². The van der Waals surface area contributed by atoms with Gasteiger partial charge in [-0.2, -0.15) is 0 Å². The van der Waals surface area contributed by atoms with Gasteiger partial charge >= 0.3 is 0 Å². The van der Waals surface area contributed by atoms with Crippen molar-refractivity contribution in [2.45, 2.75) is 13.0 Å². The molecule has 13 heavy (non-hydrogen) atoms. The summed E-state index contributed by atoms with van der Waals surface area (Å²) in [6, 6.07) is 1.82. The van der Waals surface area contributed by atoms with E-state index < -0.39 is 0 Å². The molecule has 0 radical (unpaired) electrons. The van der Waals surface area contributed by atoms with Crippen molar-refractivity contribution in [2.24, 2.45) is 5.73 Å². The molecule has 72 valence electrons. The summed E-state index contributed by atoms with van der Waals surface area (Å²) in [7, 11) is 2.05. The summed E-state index contributed by atoms with van der Waals surface area (Å²) in [5.41, 5.74) is 5.41. The fourth-order valence-electron chi connectivity index (χ4n) is 1.09. The molecule has 0 aliphatic heterocycles. The van der Waals surface area contributed by atoms with Gasteiger partial charge in [-0.05, 0) is 32.6 Å². The van der Waals surface area contributed by atoms with Crippen molar-refractivity contribution in [1.82, 2.24) is 14.9 Å². The van der Waals surface area contributed by atoms with Crippen molar-refractivity contribution in [3.63, 3.8) is 0 Å². The maximum absolute atomic E-state index is 5.41. The van der Waals surface area contributed by atoms with E-state index in [-0.39, 0.29) is 0 Å². The largest absolute Gasteiger partial charge is 0.330 e. The SMILES string of the molecule is CN(CCCN)Cc1ncccn1. The lowest BCUT2D eigenvalue weighted by Gasteiger charge is -2.14. The number of aromatic nitrogens is 2. The molecule has 2 N–H and O–H groups in total. The molecular weight excluding hydrogens is 164 g/mol. The molecule has 1 aromatic heterocycles. The van der Waals surface area contributed by atoms with Gasteiger partial charge in [0.05, 0.1) is 6.54 Å². The molecule has 0 saturated carbocycles. The predicted octanol–water partition coefficient (Wildman–Crippen LogP) is 0.257. The Morgan fingerprint density at radius 1 is 1.38 bits per heavy atom. The maximum Gasteiger partial charge on any atom is 0.142 e. The van der Waals surface area contributed by atoms with Gasteiger partial charge in [-0.3, -0.25) is 4.90 Å². The lowest BCUT2D eigenvalue weighted by Crippen LogP contribution is -2.22. The molecule has 0 atom stereocenters. The standard InChI is InChI=1S/C9H16N4/c1-13(7-2-4-10)8-9-11-5-3-6-12-9/h3,5-6H,2,4,7-8,10H2,1H3. The summed E-state index contributed by atoms with van der Waals surface area (Å²) >= 11 is 0. The zero-order chi connectivity index (χ0) is 9.52. The lowest BCUT2D eigenvalue weighted by atomic mass is 10.4. The molecule has 1 rings (SSSR count). The highest BCUT2D eigenvalue weighted by Crippen LogP contribution is 1.94. The van der Waals surface area contributed by atoms with Crippen molar-refractivity contribution in [3.05, 3.63) is 24.3 Å². The maximum atomic E-state index is 5.41. The van der Waals surface area contributed by atoms with Crippen LogP contribution in [-0.4, -0.2) is 35.0 Å². The molecule has 0 amide bonds. The van der Waals surface area contributed by atoms with Crippen LogP contribution in [0.5, 0.6) is 0 Å². The Kier molecular flexibility index (Phi) is 4.35. The van der Waals surface area contributed by atoms with Gasteiger partial charge in [-0.15, -0.1) is 0 Å². The molecule has 4 heteroatoms. The van der Waals surface area contributed by atoms with Gasteiger partial charge in [-0.25, -0.2) is 9.97 Å². The third-order valence-electron chi connectivity index (χ3n) is 1.77. The Bertz CT molecular complexity index is 224. The van der Waals surface area contributed by atoms with Gasteiger partial charge in [0.1, 0.15) is 5.82 Å². The molecule has 1 aromatic rings. The molecule has 0 unspecified atom stereocenters. The normalized spacial score (nSPS) is 10.7. The van der Waals surface area contributed by atoms with E-state index in [4.69, 9.17) is 5.73 Å². The van der Waals surface area contributed by atoms with Gasteiger partial charge < -0.3 is 5.73 Å². The molecule has 0 aliphatic rings. The molecule has 0 fully saturated rings. The first-order valence-corrected chi connectivity index (χ1v) is 4.47. The Morgan fingerprint density at radius 3 is 2.69 bits per heavy atom. The van der Waals surface area contributed by atoms with Crippen LogP contribution < -0.4 is 5.73 Å². The van der Waals surface area contributed by atoms with Crippen molar-refractivity contribution >= 4 is 0 Å². The van der Waals surface area contributed by atoms with Gasteiger partial charge in [0.25, 0.3) is 0 Å². The first-order chi connectivity index (χ1) is 6.33. The van der Waals surface area contributed by atoms with E-state index in [1.165, 1.54) is 0 Å². The lowest BCUT2D eigenvalue weighted by molar-refractivity contribution is 0.316. The minimum Gasteiger partial charge on any atom is -0.330 e. The third kappa shape index (κ3) is 3.96. The monoisotopic (exact) mass is 180 g/mol. The molecule has 0 aliphatic carbocycles. The summed E-state index contributed by atoms with van der Waals surface area (Å²) in [5, 5.41) is 0. The van der Waals surface area contributed by atoms with E-state index in [2.05, 4.69) is 14.9 Å². The van der Waals surface area contributed by atoms with Crippen LogP contribution in [0.1, 0.15) is 12.2 Å². The van der Waals surface area contributed by atoms with Crippen LogP contribution >= 0.6 is 0 Å². The first kappa shape index (κ1) is 10.1. The number of hydrogen-bond acceptors (Lipinski definition) is 4. The van der Waals surface area contributed by atoms with Crippen molar-refractivity contribution in [3.8, 4) is 0 Å². The zero-order valence-corrected chi connectivity index (χ0v) is 7.98. The molecule has 1 heterocycles. The fraction of sp³-hybridized carbons (Fsp3) is 0.556. The number of rotatable bonds is 5. The van der Waals surface area contributed by atoms with E-state index in [1.807, 2.05) is 13.1 Å². The van der Waals surface area contributed by atoms with Crippen LogP contribution in [-0.2, 0) is 6.54 Å². The van der Waals surface area contributed by atoms with Crippen LogP contribution in [0.15, 0.2) is 18.5 Å². The summed E-state index contributed by atoms with van der Waals surface area (Å²) in [6.07, 6.45) is 4.54. The van der Waals surface area contributed by atoms with E-state index in [0.29, 0.717) is 0 Å². The second-order valence-electron chi connectivity index (χ2n) is 3.05. The first-order valence-electron chi connectivity index (χ1n) is 4.47. The Labute approximate surface area is 78.8 Å². The second kappa shape index (κ2) is 5.61. The minimum absolute atomic E-state index is 0.736. The van der Waals surface area contributed by atoms with Crippen LogP contribution in [0, 0.1) is 0 Å². The second-order valence-corrected chi connectivity index (χ2v) is 3.05. The van der Waals surface area contributed by atoms with Crippen LogP contribution in [0.3, 0.4) is 0 Å². The fourth-order valence-corrected chi connectivity index (χ4v) is 1.09. The topological polar surface area (TPSA) is 55.0 Å². The molecule has 4 nitrogen and oxygen atoms in total. The average Bonchev–Trinajstić information content (AvgIpc) is 2.16. The highest BCUT2D eigenvalue weighted by atomic mass is 15.1. The van der Waals surface area contributed by atoms with Gasteiger partial charge in [-0.1, -0.05) is 0 Å². The van der Waals surface area contributed by atoms with Gasteiger partial charge in [0.15, 0.2) is 0 Å². The summed E-state index contributed by atoms with van der Waals surface area (Å²) < 4.78 is 0. The summed E-state index contributed by atoms with van der Waals surface area (Å²) in [5.74, 6) is 0.863. The zero-order valence-electron chi connectivity index (χ0n) is 7.98. The van der Waals surface area contributed by atoms with E-state index in [0.717, 1.165) is 31.9 Å². The molecule has 0 spiro atoms. The average molecular weight is 180 g/mol. The van der Waals surface area contributed by atoms with Crippen LogP contribution in [0.25, 0.3) is 0 Å². The quantitative estimate of drug-likeness (QED) is 0.706. The predicted molar refractivity (Wildman–Crippen MR) is 52.0 cm³/mol. The number of nitrogens with two attached hydrogens (primary N) is 1. The Hall–Kier alpha value is -1.00. The van der Waals surface area contributed by atoms with E-state index >= 15 is 0 Å². The van der Waals surface area contributed by atoms with Crippen molar-refractivity contribution < 1.29 is 0 Å². The minimum atomic E-state index is 0.736. The molecule has 0 bridgehead atoms. The molecule has 0 saturated heterocycles. The third-order valence-corrected chi connectivity index (χ3v) is 1.77. The smallest absolute Gasteiger partial charge is 0.142 e. The molecule has 0 aromatic carbocycles. The van der Waals surface area contributed by atoms with Crippen molar-refractivity contribution in [2.75, 3.05) is 20.1 Å². The molecular formula is C9H16N4. The van der Waals surface area contributed by atoms with E-state index in [9.17, 15) is 0 Å². The number of nitrogens with zero attached hydrogens (tertiary/aromatic N) is 3. The summed E-state index contributed by atoms with van der Waals surface area (Å²) in [4.78, 5) is 10.5. The van der Waals surface area contributed by atoms with E-state index in [1.54, 1.807) is 12.4 Å². The number of hydrogen-bond donors (Lipinski definition) is 1. The highest BCUT2D eigenvalue weighted by molar-refractivity contribution is 4.87. The Balaban J connectivity index is 2.32. The Morgan fingerprint density at radius 2 is 2.08 bits per heavy atom. The highest BCUT2D eigenvalue weighted by Gasteiger charge is 2.00. The van der Waals surface area contributed by atoms with Crippen molar-refractivity contribution in [1.29, 1.82) is 0 Å². The van der Waals surface area contributed by atoms with Crippen LogP contribution in [0.2, 0.25) is 0 Å². The van der Waals surface area contributed by atoms with Crippen LogP contribution in [0.4, 0.5) is 0 Å². The summed E-state index contributed by atoms with van der Waals surface area (Å²) in [6.45, 7) is 2.52.